The molecule has 1 heterocycles. The van der Waals surface area contributed by atoms with E-state index in [1.54, 1.807) is 6.07 Å². The van der Waals surface area contributed by atoms with Gasteiger partial charge in [0, 0.05) is 16.5 Å². The van der Waals surface area contributed by atoms with Crippen molar-refractivity contribution in [3.8, 4) is 17.1 Å². The van der Waals surface area contributed by atoms with Crippen LogP contribution in [0.5, 0.6) is 5.75 Å². The smallest absolute Gasteiger partial charge is 0.341 e. The minimum atomic E-state index is -0.998. The van der Waals surface area contributed by atoms with Crippen LogP contribution in [0.2, 0.25) is 0 Å². The third-order valence-electron chi connectivity index (χ3n) is 6.51. The molecule has 1 aromatic heterocycles. The largest absolute Gasteiger partial charge is 0.481 e. The van der Waals surface area contributed by atoms with Crippen molar-refractivity contribution in [1.29, 1.82) is 0 Å². The van der Waals surface area contributed by atoms with Crippen LogP contribution in [0.1, 0.15) is 37.7 Å². The number of ether oxygens (including phenoxy) is 1. The standard InChI is InChI=1S/C27H25BrO4/c28-26-20-13-10-19(15-18(20)11-14-24(26)31-16-25(29)30)27-22(12-9-17-5-1-2-6-17)21-7-3-4-8-23(21)32-27/h3-4,7-8,10-11,13-15,17H,1-2,5-6,9,12,16H2,(H,29,30). The topological polar surface area (TPSA) is 59.7 Å². The molecule has 0 radical (unpaired) electrons. The van der Waals surface area contributed by atoms with E-state index in [9.17, 15) is 4.79 Å². The maximum atomic E-state index is 10.8. The normalized spacial score (nSPS) is 14.4. The average molecular weight is 493 g/mol. The van der Waals surface area contributed by atoms with Crippen LogP contribution in [0, 0.1) is 5.92 Å². The first kappa shape index (κ1) is 21.1. The van der Waals surface area contributed by atoms with Crippen LogP contribution in [-0.4, -0.2) is 17.7 Å². The van der Waals surface area contributed by atoms with E-state index in [0.717, 1.165) is 44.5 Å². The number of aliphatic carboxylic acids is 1. The molecule has 0 saturated heterocycles. The predicted octanol–water partition coefficient (Wildman–Crippen LogP) is 7.60. The number of hydrogen-bond donors (Lipinski definition) is 1. The van der Waals surface area contributed by atoms with Crippen molar-refractivity contribution in [3.05, 3.63) is 64.6 Å². The molecule has 1 fully saturated rings. The van der Waals surface area contributed by atoms with Gasteiger partial charge in [0.15, 0.2) is 6.61 Å². The van der Waals surface area contributed by atoms with E-state index in [0.29, 0.717) is 5.75 Å². The van der Waals surface area contributed by atoms with E-state index < -0.39 is 5.97 Å². The highest BCUT2D eigenvalue weighted by atomic mass is 79.9. The lowest BCUT2D eigenvalue weighted by atomic mass is 9.94. The highest BCUT2D eigenvalue weighted by molar-refractivity contribution is 9.10. The van der Waals surface area contributed by atoms with Crippen LogP contribution >= 0.6 is 15.9 Å². The van der Waals surface area contributed by atoms with Crippen molar-refractivity contribution in [2.45, 2.75) is 38.5 Å². The number of halogens is 1. The zero-order valence-corrected chi connectivity index (χ0v) is 19.4. The van der Waals surface area contributed by atoms with E-state index in [4.69, 9.17) is 14.3 Å². The van der Waals surface area contributed by atoms with Gasteiger partial charge in [-0.1, -0.05) is 62.1 Å². The Morgan fingerprint density at radius 2 is 1.88 bits per heavy atom. The van der Waals surface area contributed by atoms with Crippen LogP contribution in [0.3, 0.4) is 0 Å². The van der Waals surface area contributed by atoms with Crippen molar-refractivity contribution >= 4 is 43.6 Å². The fraction of sp³-hybridized carbons (Fsp3) is 0.296. The lowest BCUT2D eigenvalue weighted by Gasteiger charge is -2.11. The summed E-state index contributed by atoms with van der Waals surface area (Å²) in [6.07, 6.45) is 7.66. The van der Waals surface area contributed by atoms with E-state index in [2.05, 4.69) is 40.2 Å². The first-order chi connectivity index (χ1) is 15.6. The van der Waals surface area contributed by atoms with Crippen molar-refractivity contribution < 1.29 is 19.1 Å². The van der Waals surface area contributed by atoms with Crippen LogP contribution in [0.15, 0.2) is 63.5 Å². The molecule has 164 valence electrons. The molecule has 1 N–H and O–H groups in total. The zero-order chi connectivity index (χ0) is 22.1. The fourth-order valence-electron chi connectivity index (χ4n) is 4.89. The summed E-state index contributed by atoms with van der Waals surface area (Å²) in [5, 5.41) is 12.1. The molecule has 4 nitrogen and oxygen atoms in total. The second-order valence-corrected chi connectivity index (χ2v) is 9.38. The molecule has 32 heavy (non-hydrogen) atoms. The summed E-state index contributed by atoms with van der Waals surface area (Å²) < 4.78 is 12.5. The highest BCUT2D eigenvalue weighted by Gasteiger charge is 2.20. The molecule has 0 unspecified atom stereocenters. The highest BCUT2D eigenvalue weighted by Crippen LogP contribution is 2.40. The van der Waals surface area contributed by atoms with Gasteiger partial charge < -0.3 is 14.3 Å². The number of benzene rings is 3. The summed E-state index contributed by atoms with van der Waals surface area (Å²) in [4.78, 5) is 10.8. The van der Waals surface area contributed by atoms with E-state index in [1.807, 2.05) is 24.3 Å². The van der Waals surface area contributed by atoms with Gasteiger partial charge in [-0.15, -0.1) is 0 Å². The number of fused-ring (bicyclic) bond motifs is 2. The Labute approximate surface area is 195 Å². The van der Waals surface area contributed by atoms with Gasteiger partial charge in [-0.2, -0.15) is 0 Å². The van der Waals surface area contributed by atoms with Crippen molar-refractivity contribution in [1.82, 2.24) is 0 Å². The summed E-state index contributed by atoms with van der Waals surface area (Å²) in [6, 6.07) is 18.3. The number of aryl methyl sites for hydroxylation is 1. The van der Waals surface area contributed by atoms with Crippen molar-refractivity contribution in [2.75, 3.05) is 6.61 Å². The summed E-state index contributed by atoms with van der Waals surface area (Å²) >= 11 is 3.58. The number of carboxylic acid groups (broad SMARTS) is 1. The van der Waals surface area contributed by atoms with Gasteiger partial charge in [-0.3, -0.25) is 0 Å². The molecule has 0 amide bonds. The Kier molecular flexibility index (Phi) is 5.92. The molecule has 4 aromatic rings. The number of para-hydroxylation sites is 1. The molecule has 3 aromatic carbocycles. The minimum Gasteiger partial charge on any atom is -0.481 e. The molecule has 0 bridgehead atoms. The minimum absolute atomic E-state index is 0.370. The SMILES string of the molecule is O=C(O)COc1ccc2cc(-c3oc4ccccc4c3CCC3CCCC3)ccc2c1Br. The summed E-state index contributed by atoms with van der Waals surface area (Å²) in [5.74, 6) is 1.30. The molecule has 0 atom stereocenters. The van der Waals surface area contributed by atoms with Crippen LogP contribution in [0.25, 0.3) is 33.1 Å². The molecule has 5 rings (SSSR count). The van der Waals surface area contributed by atoms with Gasteiger partial charge in [0.25, 0.3) is 0 Å². The van der Waals surface area contributed by atoms with E-state index in [1.165, 1.54) is 43.1 Å². The molecular formula is C27H25BrO4. The molecule has 5 heteroatoms. The summed E-state index contributed by atoms with van der Waals surface area (Å²) in [6.45, 7) is -0.370. The Morgan fingerprint density at radius 1 is 1.06 bits per heavy atom. The van der Waals surface area contributed by atoms with Crippen molar-refractivity contribution in [3.63, 3.8) is 0 Å². The quantitative estimate of drug-likeness (QED) is 0.288. The Balaban J connectivity index is 1.52. The van der Waals surface area contributed by atoms with Crippen LogP contribution in [-0.2, 0) is 11.2 Å². The summed E-state index contributed by atoms with van der Waals surface area (Å²) in [7, 11) is 0. The van der Waals surface area contributed by atoms with Gasteiger partial charge in [-0.25, -0.2) is 4.79 Å². The van der Waals surface area contributed by atoms with Gasteiger partial charge >= 0.3 is 5.97 Å². The molecule has 0 spiro atoms. The zero-order valence-electron chi connectivity index (χ0n) is 17.8. The number of furan rings is 1. The average Bonchev–Trinajstić information content (AvgIpc) is 3.44. The fourth-order valence-corrected chi connectivity index (χ4v) is 5.50. The lowest BCUT2D eigenvalue weighted by molar-refractivity contribution is -0.139. The van der Waals surface area contributed by atoms with Crippen LogP contribution < -0.4 is 4.74 Å². The second kappa shape index (κ2) is 8.99. The molecule has 1 aliphatic rings. The Bertz CT molecular complexity index is 1280. The molecule has 1 saturated carbocycles. The second-order valence-electron chi connectivity index (χ2n) is 8.59. The Hall–Kier alpha value is -2.79. The first-order valence-electron chi connectivity index (χ1n) is 11.2. The number of hydrogen-bond acceptors (Lipinski definition) is 3. The van der Waals surface area contributed by atoms with Gasteiger partial charge in [0.1, 0.15) is 17.1 Å². The number of rotatable bonds is 7. The Morgan fingerprint density at radius 3 is 2.69 bits per heavy atom. The monoisotopic (exact) mass is 492 g/mol. The van der Waals surface area contributed by atoms with E-state index >= 15 is 0 Å². The molecule has 0 aliphatic heterocycles. The number of carbonyl (C=O) groups is 1. The molecular weight excluding hydrogens is 468 g/mol. The summed E-state index contributed by atoms with van der Waals surface area (Å²) in [5.41, 5.74) is 3.29. The van der Waals surface area contributed by atoms with Gasteiger partial charge in [-0.05, 0) is 63.7 Å². The number of carboxylic acids is 1. The maximum Gasteiger partial charge on any atom is 0.341 e. The third-order valence-corrected chi connectivity index (χ3v) is 7.33. The van der Waals surface area contributed by atoms with Gasteiger partial charge in [0.2, 0.25) is 0 Å². The third kappa shape index (κ3) is 4.14. The molecule has 1 aliphatic carbocycles. The van der Waals surface area contributed by atoms with Crippen molar-refractivity contribution in [2.24, 2.45) is 5.92 Å². The van der Waals surface area contributed by atoms with E-state index in [-0.39, 0.29) is 6.61 Å². The predicted molar refractivity (Wildman–Crippen MR) is 130 cm³/mol. The first-order valence-corrected chi connectivity index (χ1v) is 12.0. The lowest BCUT2D eigenvalue weighted by Crippen LogP contribution is -2.09. The van der Waals surface area contributed by atoms with Gasteiger partial charge in [0.05, 0.1) is 4.47 Å². The maximum absolute atomic E-state index is 10.8. The van der Waals surface area contributed by atoms with Crippen LogP contribution in [0.4, 0.5) is 0 Å².